The van der Waals surface area contributed by atoms with Gasteiger partial charge in [-0.25, -0.2) is 16.8 Å². The van der Waals surface area contributed by atoms with Gasteiger partial charge in [0, 0.05) is 53.8 Å². The maximum Gasteiger partial charge on any atom is 0.405 e. The van der Waals surface area contributed by atoms with Crippen molar-refractivity contribution in [3.05, 3.63) is 117 Å². The van der Waals surface area contributed by atoms with Crippen LogP contribution in [-0.4, -0.2) is 65.5 Å². The molecule has 0 saturated carbocycles. The molecule has 0 aliphatic carbocycles. The van der Waals surface area contributed by atoms with Gasteiger partial charge in [-0.05, 0) is 72.5 Å². The number of benzene rings is 4. The van der Waals surface area contributed by atoms with Gasteiger partial charge in [0.15, 0.2) is 0 Å². The second-order valence-electron chi connectivity index (χ2n) is 12.0. The average molecular weight is 991 g/mol. The first-order valence-corrected chi connectivity index (χ1v) is 21.6. The quantitative estimate of drug-likeness (QED) is 0.0788. The van der Waals surface area contributed by atoms with E-state index < -0.39 is 49.9 Å². The predicted octanol–water partition coefficient (Wildman–Crippen LogP) is 9.38. The summed E-state index contributed by atoms with van der Waals surface area (Å²) in [4.78, 5) is 5.40. The number of hydrogen-bond acceptors (Lipinski definition) is 7. The lowest BCUT2D eigenvalue weighted by Crippen LogP contribution is -2.46. The highest BCUT2D eigenvalue weighted by Gasteiger charge is 2.43. The minimum atomic E-state index is -4.79. The number of sulfonamides is 1. The van der Waals surface area contributed by atoms with Gasteiger partial charge in [-0.1, -0.05) is 68.3 Å². The van der Waals surface area contributed by atoms with Gasteiger partial charge in [-0.3, -0.25) is 0 Å². The summed E-state index contributed by atoms with van der Waals surface area (Å²) in [6, 6.07) is 18.7. The summed E-state index contributed by atoms with van der Waals surface area (Å²) in [7, 11) is -0.435. The van der Waals surface area contributed by atoms with E-state index in [4.69, 9.17) is 25.9 Å². The van der Waals surface area contributed by atoms with Gasteiger partial charge in [-0.2, -0.15) is 31.1 Å². The number of aromatic nitrogens is 2. The monoisotopic (exact) mass is 988 g/mol. The fourth-order valence-electron chi connectivity index (χ4n) is 5.35. The Bertz CT molecular complexity index is 2530. The Morgan fingerprint density at radius 2 is 1.14 bits per heavy atom. The van der Waals surface area contributed by atoms with Gasteiger partial charge >= 0.3 is 12.4 Å². The Morgan fingerprint density at radius 3 is 1.58 bits per heavy atom. The zero-order valence-corrected chi connectivity index (χ0v) is 35.1. The molecule has 6 aromatic rings. The number of nitrogens with one attached hydrogen (secondary N) is 3. The lowest BCUT2D eigenvalue weighted by Gasteiger charge is -2.22. The summed E-state index contributed by atoms with van der Waals surface area (Å²) >= 11 is 6.26. The summed E-state index contributed by atoms with van der Waals surface area (Å²) in [6.45, 7) is 0. The van der Waals surface area contributed by atoms with Crippen LogP contribution in [0.25, 0.3) is 21.8 Å². The maximum atomic E-state index is 13.6. The van der Waals surface area contributed by atoms with Gasteiger partial charge in [0.05, 0.1) is 14.2 Å². The lowest BCUT2D eigenvalue weighted by atomic mass is 10.1. The van der Waals surface area contributed by atoms with Crippen molar-refractivity contribution in [2.24, 2.45) is 5.73 Å². The highest BCUT2D eigenvalue weighted by molar-refractivity contribution is 9.10. The molecule has 21 heteroatoms. The van der Waals surface area contributed by atoms with Crippen LogP contribution in [0.15, 0.2) is 116 Å². The zero-order valence-electron chi connectivity index (χ0n) is 29.6. The van der Waals surface area contributed by atoms with Crippen molar-refractivity contribution in [2.75, 3.05) is 14.2 Å². The summed E-state index contributed by atoms with van der Waals surface area (Å²) in [5, 5.41) is 1.40. The van der Waals surface area contributed by atoms with E-state index in [1.165, 1.54) is 50.7 Å². The molecule has 0 radical (unpaired) electrons. The van der Waals surface area contributed by atoms with Crippen molar-refractivity contribution in [2.45, 2.75) is 47.1 Å². The van der Waals surface area contributed by atoms with E-state index in [2.05, 4.69) is 41.8 Å². The molecule has 5 N–H and O–H groups in total. The first-order valence-electron chi connectivity index (χ1n) is 16.2. The van der Waals surface area contributed by atoms with Crippen LogP contribution in [-0.2, 0) is 31.9 Å². The number of rotatable bonds is 10. The molecule has 0 aliphatic rings. The molecule has 0 spiro atoms. The number of ether oxygens (including phenoxy) is 2. The van der Waals surface area contributed by atoms with Crippen molar-refractivity contribution in [3.8, 4) is 11.5 Å². The Hall–Kier alpha value is -3.79. The van der Waals surface area contributed by atoms with Gasteiger partial charge in [0.25, 0.3) is 9.05 Å². The number of hydrogen-bond donors (Lipinski definition) is 4. The van der Waals surface area contributed by atoms with E-state index in [-0.39, 0.29) is 27.7 Å². The van der Waals surface area contributed by atoms with Crippen LogP contribution < -0.4 is 19.9 Å². The zero-order chi connectivity index (χ0) is 42.3. The average Bonchev–Trinajstić information content (AvgIpc) is 3.74. The van der Waals surface area contributed by atoms with Crippen LogP contribution in [0, 0.1) is 0 Å². The van der Waals surface area contributed by atoms with Crippen LogP contribution in [0.4, 0.5) is 26.3 Å². The molecule has 4 aromatic carbocycles. The fourth-order valence-corrected chi connectivity index (χ4v) is 8.81. The fraction of sp³-hybridized carbons (Fsp3) is 0.222. The number of fused-ring (bicyclic) bond motifs is 2. The predicted molar refractivity (Wildman–Crippen MR) is 213 cm³/mol. The van der Waals surface area contributed by atoms with E-state index in [9.17, 15) is 43.2 Å². The molecule has 0 aliphatic heterocycles. The second-order valence-corrected chi connectivity index (χ2v) is 18.1. The van der Waals surface area contributed by atoms with Crippen molar-refractivity contribution < 1.29 is 52.7 Å². The first kappa shape index (κ1) is 45.9. The van der Waals surface area contributed by atoms with Gasteiger partial charge in [0.2, 0.25) is 10.0 Å². The van der Waals surface area contributed by atoms with Crippen LogP contribution in [0.2, 0.25) is 0 Å². The normalized spacial score (nSPS) is 13.3. The summed E-state index contributed by atoms with van der Waals surface area (Å²) in [5.74, 6) is 0.182. The van der Waals surface area contributed by atoms with Gasteiger partial charge < -0.3 is 25.2 Å². The number of para-hydroxylation sites is 2. The molecule has 0 amide bonds. The molecule has 6 rings (SSSR count). The third-order valence-electron chi connectivity index (χ3n) is 8.13. The van der Waals surface area contributed by atoms with Crippen molar-refractivity contribution in [1.82, 2.24) is 14.7 Å². The molecule has 57 heavy (non-hydrogen) atoms. The molecule has 308 valence electrons. The second kappa shape index (κ2) is 18.9. The lowest BCUT2D eigenvalue weighted by molar-refractivity contribution is -0.151. The standard InChI is InChI=1S/C18H16BrF3N2O3S.C11H11F3N2.C7H6BrClO3S/c1-27-15-7-6-12(19)9-16(15)28(25,26)24-17(18(20,21)22)8-11-10-23-14-5-3-2-4-13(11)14;12-11(13,14)10(15)5-7-6-16-9-4-2-1-3-8(7)9;1-12-6-3-2-5(8)4-7(6)13(9,10)11/h2-7,9-10,17,23-24H,8H2,1H3;1-4,6,10,16H,5,15H2;2-4H,1H3. The van der Waals surface area contributed by atoms with E-state index >= 15 is 0 Å². The minimum absolute atomic E-state index is 0.0361. The van der Waals surface area contributed by atoms with Gasteiger partial charge in [0.1, 0.15) is 33.4 Å². The van der Waals surface area contributed by atoms with E-state index in [0.717, 1.165) is 10.9 Å². The Balaban J connectivity index is 0.000000209. The summed E-state index contributed by atoms with van der Waals surface area (Å²) in [5.41, 5.74) is 7.56. The minimum Gasteiger partial charge on any atom is -0.495 e. The summed E-state index contributed by atoms with van der Waals surface area (Å²) < 4.78 is 138. The molecule has 2 aromatic heterocycles. The highest BCUT2D eigenvalue weighted by atomic mass is 79.9. The number of nitrogens with two attached hydrogens (primary N) is 1. The third kappa shape index (κ3) is 12.4. The number of H-pyrrole nitrogens is 2. The molecule has 0 saturated heterocycles. The first-order chi connectivity index (χ1) is 26.5. The van der Waals surface area contributed by atoms with Crippen molar-refractivity contribution in [1.29, 1.82) is 0 Å². The Kier molecular flexibility index (Phi) is 15.2. The Morgan fingerprint density at radius 1 is 0.702 bits per heavy atom. The van der Waals surface area contributed by atoms with Crippen LogP contribution in [0.3, 0.4) is 0 Å². The van der Waals surface area contributed by atoms with E-state index in [0.29, 0.717) is 31.0 Å². The van der Waals surface area contributed by atoms with Crippen LogP contribution >= 0.6 is 42.5 Å². The van der Waals surface area contributed by atoms with Crippen molar-refractivity contribution >= 4 is 83.4 Å². The molecule has 0 bridgehead atoms. The number of methoxy groups -OCH3 is 2. The topological polar surface area (TPSA) is 156 Å². The molecule has 2 heterocycles. The smallest absolute Gasteiger partial charge is 0.405 e. The molecule has 10 nitrogen and oxygen atoms in total. The van der Waals surface area contributed by atoms with Gasteiger partial charge in [-0.15, -0.1) is 0 Å². The molecular weight excluding hydrogens is 958 g/mol. The SMILES string of the molecule is COc1ccc(Br)cc1S(=O)(=O)Cl.COc1ccc(Br)cc1S(=O)(=O)NC(Cc1c[nH]c2ccccc12)C(F)(F)F.NC(Cc1c[nH]c2ccccc12)C(F)(F)F. The number of halogens is 9. The summed E-state index contributed by atoms with van der Waals surface area (Å²) in [6.07, 6.45) is -6.85. The number of aromatic amines is 2. The molecule has 2 atom stereocenters. The molecule has 0 fully saturated rings. The van der Waals surface area contributed by atoms with Crippen LogP contribution in [0.5, 0.6) is 11.5 Å². The van der Waals surface area contributed by atoms with Crippen LogP contribution in [0.1, 0.15) is 11.1 Å². The largest absolute Gasteiger partial charge is 0.495 e. The van der Waals surface area contributed by atoms with E-state index in [1.54, 1.807) is 53.4 Å². The molecular formula is C36H33Br2ClF6N4O6S2. The third-order valence-corrected chi connectivity index (χ3v) is 12.0. The van der Waals surface area contributed by atoms with Crippen molar-refractivity contribution in [3.63, 3.8) is 0 Å². The molecule has 2 unspecified atom stereocenters. The maximum absolute atomic E-state index is 13.6. The Labute approximate surface area is 344 Å². The number of alkyl halides is 6. The van der Waals surface area contributed by atoms with E-state index in [1.807, 2.05) is 12.1 Å². The highest BCUT2D eigenvalue weighted by Crippen LogP contribution is 2.32.